The maximum absolute atomic E-state index is 13.4. The van der Waals surface area contributed by atoms with Crippen LogP contribution in [0.5, 0.6) is 5.75 Å². The Kier molecular flexibility index (Phi) is 6.35. The molecule has 32 heavy (non-hydrogen) atoms. The van der Waals surface area contributed by atoms with Crippen LogP contribution >= 0.6 is 11.6 Å². The molecule has 9 heteroatoms. The summed E-state index contributed by atoms with van der Waals surface area (Å²) in [5.41, 5.74) is 9.64. The molecule has 0 bridgehead atoms. The van der Waals surface area contributed by atoms with Crippen LogP contribution < -0.4 is 15.9 Å². The lowest BCUT2D eigenvalue weighted by atomic mass is 9.90. The number of anilines is 1. The second kappa shape index (κ2) is 9.03. The average molecular weight is 457 g/mol. The van der Waals surface area contributed by atoms with Gasteiger partial charge >= 0.3 is 0 Å². The van der Waals surface area contributed by atoms with Gasteiger partial charge in [-0.25, -0.2) is 4.98 Å². The molecule has 0 aromatic carbocycles. The van der Waals surface area contributed by atoms with Crippen molar-refractivity contribution in [2.45, 2.75) is 39.7 Å². The van der Waals surface area contributed by atoms with Gasteiger partial charge in [0.05, 0.1) is 19.3 Å². The third-order valence-electron chi connectivity index (χ3n) is 6.38. The highest BCUT2D eigenvalue weighted by Gasteiger charge is 2.22. The zero-order valence-corrected chi connectivity index (χ0v) is 19.7. The fraction of sp³-hybridized carbons (Fsp3) is 0.478. The van der Waals surface area contributed by atoms with E-state index < -0.39 is 0 Å². The normalized spacial score (nSPS) is 15.4. The van der Waals surface area contributed by atoms with Crippen molar-refractivity contribution >= 4 is 28.6 Å². The summed E-state index contributed by atoms with van der Waals surface area (Å²) in [5, 5.41) is 0.394. The Morgan fingerprint density at radius 2 is 1.97 bits per heavy atom. The van der Waals surface area contributed by atoms with Gasteiger partial charge in [0.1, 0.15) is 16.3 Å². The van der Waals surface area contributed by atoms with Gasteiger partial charge in [0, 0.05) is 29.1 Å². The summed E-state index contributed by atoms with van der Waals surface area (Å²) in [6.07, 6.45) is 6.51. The molecule has 3 aromatic heterocycles. The Balaban J connectivity index is 1.82. The van der Waals surface area contributed by atoms with Crippen molar-refractivity contribution in [3.8, 4) is 5.75 Å². The maximum Gasteiger partial charge on any atom is 0.223 e. The van der Waals surface area contributed by atoms with E-state index >= 15 is 0 Å². The molecular formula is C23H29ClN6O2. The van der Waals surface area contributed by atoms with Gasteiger partial charge in [-0.05, 0) is 59.2 Å². The minimum Gasteiger partial charge on any atom is -0.496 e. The summed E-state index contributed by atoms with van der Waals surface area (Å²) in [5.74, 6) is 1.29. The Morgan fingerprint density at radius 3 is 2.66 bits per heavy atom. The predicted molar refractivity (Wildman–Crippen MR) is 127 cm³/mol. The van der Waals surface area contributed by atoms with E-state index in [1.807, 2.05) is 24.6 Å². The van der Waals surface area contributed by atoms with Crippen molar-refractivity contribution < 1.29 is 4.74 Å². The second-order valence-electron chi connectivity index (χ2n) is 8.68. The zero-order chi connectivity index (χ0) is 23.0. The highest BCUT2D eigenvalue weighted by molar-refractivity contribution is 6.34. The van der Waals surface area contributed by atoms with Gasteiger partial charge in [0.25, 0.3) is 0 Å². The van der Waals surface area contributed by atoms with E-state index in [1.165, 1.54) is 0 Å². The lowest BCUT2D eigenvalue weighted by Crippen LogP contribution is -2.32. The molecular weight excluding hydrogens is 428 g/mol. The minimum atomic E-state index is -0.119. The van der Waals surface area contributed by atoms with Crippen LogP contribution in [0.4, 0.5) is 5.95 Å². The number of hydrogen-bond donors (Lipinski definition) is 1. The van der Waals surface area contributed by atoms with Crippen LogP contribution in [-0.2, 0) is 13.0 Å². The van der Waals surface area contributed by atoms with Gasteiger partial charge in [-0.1, -0.05) is 11.6 Å². The molecule has 4 heterocycles. The number of halogens is 1. The zero-order valence-electron chi connectivity index (χ0n) is 19.0. The van der Waals surface area contributed by atoms with Crippen molar-refractivity contribution in [3.63, 3.8) is 0 Å². The maximum atomic E-state index is 13.4. The van der Waals surface area contributed by atoms with Crippen LogP contribution in [0.25, 0.3) is 11.0 Å². The van der Waals surface area contributed by atoms with Crippen LogP contribution in [0.3, 0.4) is 0 Å². The Morgan fingerprint density at radius 1 is 1.25 bits per heavy atom. The van der Waals surface area contributed by atoms with Gasteiger partial charge in [-0.2, -0.15) is 4.98 Å². The minimum absolute atomic E-state index is 0.0323. The third kappa shape index (κ3) is 4.29. The second-order valence-corrected chi connectivity index (χ2v) is 9.04. The van der Waals surface area contributed by atoms with E-state index in [-0.39, 0.29) is 16.5 Å². The molecule has 4 rings (SSSR count). The molecule has 0 saturated carbocycles. The summed E-state index contributed by atoms with van der Waals surface area (Å²) >= 11 is 6.39. The molecule has 3 aromatic rings. The molecule has 0 atom stereocenters. The number of ether oxygens (including phenoxy) is 1. The molecule has 0 radical (unpaired) electrons. The highest BCUT2D eigenvalue weighted by Crippen LogP contribution is 2.27. The topological polar surface area (TPSA) is 99.2 Å². The number of nitrogens with two attached hydrogens (primary N) is 1. The quantitative estimate of drug-likeness (QED) is 0.589. The molecule has 1 aliphatic heterocycles. The summed E-state index contributed by atoms with van der Waals surface area (Å²) in [4.78, 5) is 28.7. The Hall–Kier alpha value is -2.71. The van der Waals surface area contributed by atoms with Gasteiger partial charge in [0.2, 0.25) is 5.95 Å². The summed E-state index contributed by atoms with van der Waals surface area (Å²) < 4.78 is 7.47. The lowest BCUT2D eigenvalue weighted by molar-refractivity contribution is 0.218. The van der Waals surface area contributed by atoms with Crippen LogP contribution in [0.15, 0.2) is 17.2 Å². The number of nitrogen functional groups attached to an aromatic ring is 1. The summed E-state index contributed by atoms with van der Waals surface area (Å²) in [7, 11) is 3.78. The van der Waals surface area contributed by atoms with Crippen LogP contribution in [0.2, 0.25) is 5.15 Å². The fourth-order valence-electron chi connectivity index (χ4n) is 4.54. The number of rotatable bonds is 5. The van der Waals surface area contributed by atoms with Gasteiger partial charge in [-0.3, -0.25) is 9.78 Å². The number of fused-ring (bicyclic) bond motifs is 1. The molecule has 1 aliphatic rings. The first kappa shape index (κ1) is 22.5. The molecule has 2 N–H and O–H groups in total. The van der Waals surface area contributed by atoms with Gasteiger partial charge in [0.15, 0.2) is 11.1 Å². The SMILES string of the molecule is COc1c(C)cnc(Cn2cc(CC3CCN(C)CC3)c(=O)c3c(Cl)nc(N)nc32)c1C. The smallest absolute Gasteiger partial charge is 0.223 e. The number of methoxy groups -OCH3 is 1. The number of aromatic nitrogens is 4. The first-order valence-corrected chi connectivity index (χ1v) is 11.2. The first-order valence-electron chi connectivity index (χ1n) is 10.8. The predicted octanol–water partition coefficient (Wildman–Crippen LogP) is 2.98. The van der Waals surface area contributed by atoms with Gasteiger partial charge < -0.3 is 19.9 Å². The first-order chi connectivity index (χ1) is 15.3. The fourth-order valence-corrected chi connectivity index (χ4v) is 4.80. The Bertz CT molecular complexity index is 1220. The highest BCUT2D eigenvalue weighted by atomic mass is 35.5. The Labute approximate surface area is 192 Å². The van der Waals surface area contributed by atoms with E-state index in [1.54, 1.807) is 13.3 Å². The summed E-state index contributed by atoms with van der Waals surface area (Å²) in [6.45, 7) is 6.43. The molecule has 0 unspecified atom stereocenters. The number of pyridine rings is 2. The summed E-state index contributed by atoms with van der Waals surface area (Å²) in [6, 6.07) is 0. The number of piperidine rings is 1. The van der Waals surface area contributed by atoms with E-state index in [0.717, 1.165) is 54.1 Å². The standard InChI is InChI=1S/C23H29ClN6O2/c1-13-10-26-17(14(2)20(13)32-4)12-30-11-16(9-15-5-7-29(3)8-6-15)19(31)18-21(24)27-23(25)28-22(18)30/h10-11,15H,5-9,12H2,1-4H3,(H2,25,27,28). The average Bonchev–Trinajstić information content (AvgIpc) is 2.74. The lowest BCUT2D eigenvalue weighted by Gasteiger charge is -2.29. The van der Waals surface area contributed by atoms with E-state index in [2.05, 4.69) is 26.9 Å². The van der Waals surface area contributed by atoms with Crippen molar-refractivity contribution in [2.75, 3.05) is 33.0 Å². The number of hydrogen-bond acceptors (Lipinski definition) is 7. The number of aryl methyl sites for hydroxylation is 1. The molecule has 1 saturated heterocycles. The van der Waals surface area contributed by atoms with Crippen LogP contribution in [0, 0.1) is 19.8 Å². The van der Waals surface area contributed by atoms with E-state index in [4.69, 9.17) is 22.1 Å². The molecule has 8 nitrogen and oxygen atoms in total. The molecule has 0 aliphatic carbocycles. The molecule has 1 fully saturated rings. The van der Waals surface area contributed by atoms with Crippen LogP contribution in [-0.4, -0.2) is 51.7 Å². The van der Waals surface area contributed by atoms with Gasteiger partial charge in [-0.15, -0.1) is 0 Å². The van der Waals surface area contributed by atoms with Crippen LogP contribution in [0.1, 0.15) is 35.2 Å². The molecule has 0 spiro atoms. The number of likely N-dealkylation sites (tertiary alicyclic amines) is 1. The van der Waals surface area contributed by atoms with Crippen molar-refractivity contribution in [2.24, 2.45) is 5.92 Å². The molecule has 170 valence electrons. The monoisotopic (exact) mass is 456 g/mol. The van der Waals surface area contributed by atoms with Crippen molar-refractivity contribution in [3.05, 3.63) is 50.2 Å². The number of nitrogens with zero attached hydrogens (tertiary/aromatic N) is 5. The van der Waals surface area contributed by atoms with Crippen molar-refractivity contribution in [1.29, 1.82) is 0 Å². The van der Waals surface area contributed by atoms with E-state index in [0.29, 0.717) is 29.9 Å². The van der Waals surface area contributed by atoms with Crippen molar-refractivity contribution in [1.82, 2.24) is 24.4 Å². The van der Waals surface area contributed by atoms with E-state index in [9.17, 15) is 4.79 Å². The third-order valence-corrected chi connectivity index (χ3v) is 6.66. The largest absolute Gasteiger partial charge is 0.496 e. The molecule has 0 amide bonds.